The summed E-state index contributed by atoms with van der Waals surface area (Å²) < 4.78 is 12.9. The molecule has 2 rings (SSSR count). The van der Waals surface area contributed by atoms with Crippen molar-refractivity contribution in [3.05, 3.63) is 41.8 Å². The van der Waals surface area contributed by atoms with Crippen LogP contribution in [-0.2, 0) is 0 Å². The number of benzene rings is 1. The molecule has 1 aromatic heterocycles. The van der Waals surface area contributed by atoms with Gasteiger partial charge in [-0.05, 0) is 44.3 Å². The number of nitrogens with zero attached hydrogens (tertiary/aromatic N) is 1. The minimum Gasteiger partial charge on any atom is -0.352 e. The molecule has 1 heterocycles. The first-order chi connectivity index (χ1) is 9.72. The molecular formula is C14H18ClFN4O. The smallest absolute Gasteiger partial charge is 0.255 e. The maximum absolute atomic E-state index is 12.9. The van der Waals surface area contributed by atoms with Crippen LogP contribution >= 0.6 is 12.4 Å². The first kappa shape index (κ1) is 17.1. The van der Waals surface area contributed by atoms with Crippen molar-refractivity contribution in [3.63, 3.8) is 0 Å². The van der Waals surface area contributed by atoms with Crippen LogP contribution in [0.5, 0.6) is 0 Å². The molecule has 0 saturated carbocycles. The van der Waals surface area contributed by atoms with Gasteiger partial charge in [-0.25, -0.2) is 4.39 Å². The molecule has 0 radical (unpaired) electrons. The van der Waals surface area contributed by atoms with E-state index < -0.39 is 0 Å². The quantitative estimate of drug-likeness (QED) is 0.714. The van der Waals surface area contributed by atoms with Crippen LogP contribution in [0.4, 0.5) is 4.39 Å². The van der Waals surface area contributed by atoms with Gasteiger partial charge < -0.3 is 10.6 Å². The lowest BCUT2D eigenvalue weighted by molar-refractivity contribution is 0.0954. The van der Waals surface area contributed by atoms with Gasteiger partial charge in [0.25, 0.3) is 5.91 Å². The number of carbonyl (C=O) groups is 1. The Balaban J connectivity index is 0.00000220. The van der Waals surface area contributed by atoms with E-state index in [0.717, 1.165) is 18.5 Å². The molecule has 1 amide bonds. The van der Waals surface area contributed by atoms with Crippen LogP contribution in [0, 0.1) is 5.82 Å². The molecule has 0 aliphatic carbocycles. The monoisotopic (exact) mass is 312 g/mol. The lowest BCUT2D eigenvalue weighted by Crippen LogP contribution is -2.26. The summed E-state index contributed by atoms with van der Waals surface area (Å²) in [6, 6.07) is 5.93. The molecule has 3 N–H and O–H groups in total. The van der Waals surface area contributed by atoms with E-state index in [4.69, 9.17) is 0 Å². The van der Waals surface area contributed by atoms with Gasteiger partial charge in [-0.15, -0.1) is 12.4 Å². The fourth-order valence-electron chi connectivity index (χ4n) is 1.86. The van der Waals surface area contributed by atoms with Crippen LogP contribution in [0.25, 0.3) is 11.3 Å². The zero-order chi connectivity index (χ0) is 14.4. The molecule has 0 bridgehead atoms. The number of aromatic nitrogens is 2. The number of amides is 1. The van der Waals surface area contributed by atoms with Gasteiger partial charge in [0, 0.05) is 12.1 Å². The maximum Gasteiger partial charge on any atom is 0.255 e. The van der Waals surface area contributed by atoms with Gasteiger partial charge in [-0.2, -0.15) is 5.10 Å². The molecule has 7 heteroatoms. The second-order valence-electron chi connectivity index (χ2n) is 4.38. The average molecular weight is 313 g/mol. The molecule has 0 atom stereocenters. The number of rotatable bonds is 6. The summed E-state index contributed by atoms with van der Waals surface area (Å²) in [5.74, 6) is -0.500. The standard InChI is InChI=1S/C14H17FN4O.ClH/c1-16-7-2-8-17-14(20)12-9-18-19-13(12)10-3-5-11(15)6-4-10;/h3-6,9,16H,2,7-8H2,1H3,(H,17,20)(H,18,19);1H. The van der Waals surface area contributed by atoms with Crippen LogP contribution in [0.2, 0.25) is 0 Å². The van der Waals surface area contributed by atoms with E-state index in [-0.39, 0.29) is 24.1 Å². The Morgan fingerprint density at radius 2 is 2.00 bits per heavy atom. The Morgan fingerprint density at radius 3 is 2.67 bits per heavy atom. The Morgan fingerprint density at radius 1 is 1.29 bits per heavy atom. The van der Waals surface area contributed by atoms with E-state index in [0.29, 0.717) is 17.8 Å². The highest BCUT2D eigenvalue weighted by atomic mass is 35.5. The van der Waals surface area contributed by atoms with Crippen molar-refractivity contribution in [2.45, 2.75) is 6.42 Å². The van der Waals surface area contributed by atoms with Crippen molar-refractivity contribution in [2.24, 2.45) is 0 Å². The molecule has 114 valence electrons. The zero-order valence-corrected chi connectivity index (χ0v) is 12.5. The second-order valence-corrected chi connectivity index (χ2v) is 4.38. The van der Waals surface area contributed by atoms with Gasteiger partial charge in [0.1, 0.15) is 5.82 Å². The minimum absolute atomic E-state index is 0. The molecule has 0 fully saturated rings. The Hall–Kier alpha value is -1.92. The van der Waals surface area contributed by atoms with E-state index >= 15 is 0 Å². The molecule has 0 saturated heterocycles. The predicted molar refractivity (Wildman–Crippen MR) is 82.1 cm³/mol. The first-order valence-corrected chi connectivity index (χ1v) is 6.44. The third kappa shape index (κ3) is 4.54. The third-order valence-corrected chi connectivity index (χ3v) is 2.91. The van der Waals surface area contributed by atoms with Crippen LogP contribution in [0.15, 0.2) is 30.5 Å². The molecule has 0 unspecified atom stereocenters. The number of halogens is 2. The highest BCUT2D eigenvalue weighted by Gasteiger charge is 2.14. The minimum atomic E-state index is -0.314. The van der Waals surface area contributed by atoms with Gasteiger partial charge in [0.05, 0.1) is 17.5 Å². The zero-order valence-electron chi connectivity index (χ0n) is 11.6. The number of H-pyrrole nitrogens is 1. The van der Waals surface area contributed by atoms with Crippen molar-refractivity contribution in [3.8, 4) is 11.3 Å². The third-order valence-electron chi connectivity index (χ3n) is 2.91. The highest BCUT2D eigenvalue weighted by molar-refractivity contribution is 5.99. The Bertz CT molecular complexity index is 571. The molecule has 0 aliphatic rings. The summed E-state index contributed by atoms with van der Waals surface area (Å²) in [6.45, 7) is 1.43. The molecule has 21 heavy (non-hydrogen) atoms. The summed E-state index contributed by atoms with van der Waals surface area (Å²) in [6.07, 6.45) is 2.33. The van der Waals surface area contributed by atoms with Crippen molar-refractivity contribution < 1.29 is 9.18 Å². The van der Waals surface area contributed by atoms with Crippen molar-refractivity contribution >= 4 is 18.3 Å². The van der Waals surface area contributed by atoms with Crippen molar-refractivity contribution in [1.82, 2.24) is 20.8 Å². The van der Waals surface area contributed by atoms with E-state index in [9.17, 15) is 9.18 Å². The summed E-state index contributed by atoms with van der Waals surface area (Å²) in [5.41, 5.74) is 1.78. The van der Waals surface area contributed by atoms with Crippen LogP contribution in [0.1, 0.15) is 16.8 Å². The van der Waals surface area contributed by atoms with Gasteiger partial charge in [-0.1, -0.05) is 0 Å². The number of aromatic amines is 1. The molecule has 0 spiro atoms. The van der Waals surface area contributed by atoms with E-state index in [2.05, 4.69) is 20.8 Å². The summed E-state index contributed by atoms with van der Waals surface area (Å²) >= 11 is 0. The molecule has 0 aliphatic heterocycles. The predicted octanol–water partition coefficient (Wildman–Crippen LogP) is 1.98. The van der Waals surface area contributed by atoms with Gasteiger partial charge >= 0.3 is 0 Å². The average Bonchev–Trinajstić information content (AvgIpc) is 2.93. The highest BCUT2D eigenvalue weighted by Crippen LogP contribution is 2.21. The molecule has 2 aromatic rings. The summed E-state index contributed by atoms with van der Waals surface area (Å²) in [5, 5.41) is 12.5. The van der Waals surface area contributed by atoms with E-state index in [1.165, 1.54) is 18.3 Å². The van der Waals surface area contributed by atoms with Crippen molar-refractivity contribution in [1.29, 1.82) is 0 Å². The number of hydrogen-bond donors (Lipinski definition) is 3. The number of hydrogen-bond acceptors (Lipinski definition) is 3. The largest absolute Gasteiger partial charge is 0.352 e. The fourth-order valence-corrected chi connectivity index (χ4v) is 1.86. The Kier molecular flexibility index (Phi) is 6.84. The SMILES string of the molecule is CNCCCNC(=O)c1cn[nH]c1-c1ccc(F)cc1.Cl. The first-order valence-electron chi connectivity index (χ1n) is 6.44. The van der Waals surface area contributed by atoms with E-state index in [1.54, 1.807) is 12.1 Å². The number of carbonyl (C=O) groups excluding carboxylic acids is 1. The molecule has 5 nitrogen and oxygen atoms in total. The van der Waals surface area contributed by atoms with Gasteiger partial charge in [0.2, 0.25) is 0 Å². The van der Waals surface area contributed by atoms with E-state index in [1.807, 2.05) is 7.05 Å². The maximum atomic E-state index is 12.9. The van der Waals surface area contributed by atoms with Crippen molar-refractivity contribution in [2.75, 3.05) is 20.1 Å². The lowest BCUT2D eigenvalue weighted by Gasteiger charge is -2.05. The van der Waals surface area contributed by atoms with Gasteiger partial charge in [-0.3, -0.25) is 9.89 Å². The summed E-state index contributed by atoms with van der Waals surface area (Å²) in [4.78, 5) is 12.1. The van der Waals surface area contributed by atoms with Crippen LogP contribution < -0.4 is 10.6 Å². The van der Waals surface area contributed by atoms with Crippen LogP contribution in [-0.4, -0.2) is 36.2 Å². The molecule has 1 aromatic carbocycles. The second kappa shape index (κ2) is 8.39. The summed E-state index contributed by atoms with van der Waals surface area (Å²) in [7, 11) is 1.87. The number of nitrogens with one attached hydrogen (secondary N) is 3. The molecular weight excluding hydrogens is 295 g/mol. The topological polar surface area (TPSA) is 69.8 Å². The Labute approximate surface area is 128 Å². The normalized spacial score (nSPS) is 10.0. The van der Waals surface area contributed by atoms with Crippen LogP contribution in [0.3, 0.4) is 0 Å². The fraction of sp³-hybridized carbons (Fsp3) is 0.286. The lowest BCUT2D eigenvalue weighted by atomic mass is 10.1. The van der Waals surface area contributed by atoms with Gasteiger partial charge in [0.15, 0.2) is 0 Å².